The van der Waals surface area contributed by atoms with Gasteiger partial charge in [-0.15, -0.1) is 24.0 Å². The number of halogens is 1. The van der Waals surface area contributed by atoms with E-state index >= 15 is 0 Å². The molecule has 0 amide bonds. The van der Waals surface area contributed by atoms with Crippen LogP contribution in [0.25, 0.3) is 0 Å². The monoisotopic (exact) mass is 453 g/mol. The van der Waals surface area contributed by atoms with Gasteiger partial charge in [-0.1, -0.05) is 12.8 Å². The fourth-order valence-corrected chi connectivity index (χ4v) is 3.43. The van der Waals surface area contributed by atoms with Gasteiger partial charge in [0.05, 0.1) is 24.7 Å². The molecule has 140 valence electrons. The van der Waals surface area contributed by atoms with Gasteiger partial charge in [-0.2, -0.15) is 0 Å². The molecule has 7 heteroatoms. The summed E-state index contributed by atoms with van der Waals surface area (Å²) in [5.41, 5.74) is -0.621. The Morgan fingerprint density at radius 2 is 1.92 bits per heavy atom. The van der Waals surface area contributed by atoms with Gasteiger partial charge in [0.25, 0.3) is 0 Å². The average Bonchev–Trinajstić information content (AvgIpc) is 2.99. The zero-order valence-electron chi connectivity index (χ0n) is 14.9. The van der Waals surface area contributed by atoms with Crippen LogP contribution in [0.1, 0.15) is 52.4 Å². The molecule has 1 aliphatic heterocycles. The molecule has 2 rings (SSSR count). The molecule has 0 bridgehead atoms. The number of hydrogen-bond donors (Lipinski definition) is 2. The minimum Gasteiger partial charge on any atom is -0.466 e. The van der Waals surface area contributed by atoms with Crippen molar-refractivity contribution in [1.82, 2.24) is 10.2 Å². The summed E-state index contributed by atoms with van der Waals surface area (Å²) in [5.74, 6) is 0.789. The molecule has 0 radical (unpaired) electrons. The largest absolute Gasteiger partial charge is 0.466 e. The molecule has 0 aromatic carbocycles. The highest BCUT2D eigenvalue weighted by molar-refractivity contribution is 14.0. The Kier molecular flexibility index (Phi) is 9.33. The van der Waals surface area contributed by atoms with E-state index in [0.29, 0.717) is 13.2 Å². The Labute approximate surface area is 162 Å². The van der Waals surface area contributed by atoms with Gasteiger partial charge in [-0.25, -0.2) is 0 Å². The van der Waals surface area contributed by atoms with E-state index in [0.717, 1.165) is 64.1 Å². The fourth-order valence-electron chi connectivity index (χ4n) is 3.43. The number of nitrogens with zero attached hydrogens (tertiary/aromatic N) is 2. The molecule has 0 unspecified atom stereocenters. The van der Waals surface area contributed by atoms with E-state index in [9.17, 15) is 9.90 Å². The molecule has 1 heterocycles. The lowest BCUT2D eigenvalue weighted by Crippen LogP contribution is -2.47. The number of hydrogen-bond acceptors (Lipinski definition) is 4. The van der Waals surface area contributed by atoms with Crippen molar-refractivity contribution in [3.63, 3.8) is 0 Å². The van der Waals surface area contributed by atoms with E-state index in [1.165, 1.54) is 0 Å². The van der Waals surface area contributed by atoms with E-state index in [1.807, 2.05) is 13.8 Å². The smallest absolute Gasteiger partial charge is 0.309 e. The van der Waals surface area contributed by atoms with Crippen molar-refractivity contribution in [1.29, 1.82) is 0 Å². The molecular formula is C17H32IN3O3. The number of rotatable bonds is 5. The third-order valence-electron chi connectivity index (χ3n) is 4.81. The van der Waals surface area contributed by atoms with Crippen LogP contribution in [0, 0.1) is 5.92 Å². The summed E-state index contributed by atoms with van der Waals surface area (Å²) >= 11 is 0. The van der Waals surface area contributed by atoms with Crippen molar-refractivity contribution in [2.75, 3.05) is 32.8 Å². The molecule has 0 atom stereocenters. The third-order valence-corrected chi connectivity index (χ3v) is 4.81. The molecule has 0 aromatic rings. The van der Waals surface area contributed by atoms with Crippen molar-refractivity contribution in [3.05, 3.63) is 0 Å². The van der Waals surface area contributed by atoms with Gasteiger partial charge in [0, 0.05) is 19.6 Å². The van der Waals surface area contributed by atoms with Gasteiger partial charge in [0.1, 0.15) is 0 Å². The van der Waals surface area contributed by atoms with Crippen LogP contribution in [0.3, 0.4) is 0 Å². The van der Waals surface area contributed by atoms with Crippen molar-refractivity contribution >= 4 is 35.9 Å². The summed E-state index contributed by atoms with van der Waals surface area (Å²) in [6.07, 6.45) is 5.48. The molecule has 1 saturated heterocycles. The highest BCUT2D eigenvalue weighted by Crippen LogP contribution is 2.29. The first kappa shape index (κ1) is 21.5. The van der Waals surface area contributed by atoms with E-state index in [1.54, 1.807) is 0 Å². The van der Waals surface area contributed by atoms with E-state index < -0.39 is 5.60 Å². The van der Waals surface area contributed by atoms with Crippen LogP contribution >= 0.6 is 24.0 Å². The minimum absolute atomic E-state index is 0. The van der Waals surface area contributed by atoms with Crippen molar-refractivity contribution in [2.45, 2.75) is 58.0 Å². The summed E-state index contributed by atoms with van der Waals surface area (Å²) < 4.78 is 5.12. The average molecular weight is 453 g/mol. The predicted octanol–water partition coefficient (Wildman–Crippen LogP) is 2.15. The number of nitrogens with one attached hydrogen (secondary N) is 1. The van der Waals surface area contributed by atoms with Crippen molar-refractivity contribution < 1.29 is 14.6 Å². The maximum Gasteiger partial charge on any atom is 0.309 e. The topological polar surface area (TPSA) is 74.2 Å². The number of carbonyl (C=O) groups is 1. The van der Waals surface area contributed by atoms with Crippen LogP contribution in [-0.2, 0) is 9.53 Å². The van der Waals surface area contributed by atoms with Gasteiger partial charge >= 0.3 is 5.97 Å². The number of aliphatic imine (C=N–C) groups is 1. The Balaban J connectivity index is 0.00000288. The summed E-state index contributed by atoms with van der Waals surface area (Å²) in [6.45, 7) is 7.20. The molecule has 2 aliphatic rings. The zero-order chi connectivity index (χ0) is 16.7. The van der Waals surface area contributed by atoms with Gasteiger partial charge in [0.15, 0.2) is 5.96 Å². The molecule has 2 fully saturated rings. The number of likely N-dealkylation sites (tertiary alicyclic amines) is 1. The highest BCUT2D eigenvalue weighted by atomic mass is 127. The van der Waals surface area contributed by atoms with Crippen LogP contribution in [0.5, 0.6) is 0 Å². The molecule has 2 N–H and O–H groups in total. The number of piperidine rings is 1. The molecule has 0 spiro atoms. The van der Waals surface area contributed by atoms with E-state index in [4.69, 9.17) is 4.74 Å². The summed E-state index contributed by atoms with van der Waals surface area (Å²) in [6, 6.07) is 0. The quantitative estimate of drug-likeness (QED) is 0.289. The minimum atomic E-state index is -0.621. The summed E-state index contributed by atoms with van der Waals surface area (Å²) in [5, 5.41) is 13.8. The lowest BCUT2D eigenvalue weighted by Gasteiger charge is -2.33. The zero-order valence-corrected chi connectivity index (χ0v) is 17.3. The Bertz CT molecular complexity index is 417. The first-order valence-corrected chi connectivity index (χ1v) is 9.00. The molecule has 6 nitrogen and oxygen atoms in total. The lowest BCUT2D eigenvalue weighted by atomic mass is 9.97. The Morgan fingerprint density at radius 1 is 1.29 bits per heavy atom. The molecule has 1 saturated carbocycles. The highest BCUT2D eigenvalue weighted by Gasteiger charge is 2.32. The van der Waals surface area contributed by atoms with Crippen molar-refractivity contribution in [3.8, 4) is 0 Å². The Hall–Kier alpha value is -0.570. The summed E-state index contributed by atoms with van der Waals surface area (Å²) in [7, 11) is 0. The van der Waals surface area contributed by atoms with Crippen molar-refractivity contribution in [2.24, 2.45) is 10.9 Å². The van der Waals surface area contributed by atoms with Gasteiger partial charge in [-0.05, 0) is 39.5 Å². The van der Waals surface area contributed by atoms with Crippen LogP contribution in [0.4, 0.5) is 0 Å². The number of aliphatic hydroxyl groups is 1. The van der Waals surface area contributed by atoms with Gasteiger partial charge in [-0.3, -0.25) is 9.79 Å². The maximum absolute atomic E-state index is 11.8. The standard InChI is InChI=1S/C17H31N3O3.HI/c1-3-18-16(19-13-17(22)9-5-6-10-17)20-11-7-14(8-12-20)15(21)23-4-2;/h14,22H,3-13H2,1-2H3,(H,18,19);1H. The predicted molar refractivity (Wildman–Crippen MR) is 106 cm³/mol. The van der Waals surface area contributed by atoms with Crippen LogP contribution in [0.2, 0.25) is 0 Å². The number of guanidine groups is 1. The number of esters is 1. The van der Waals surface area contributed by atoms with Gasteiger partial charge in [0.2, 0.25) is 0 Å². The summed E-state index contributed by atoms with van der Waals surface area (Å²) in [4.78, 5) is 18.7. The lowest BCUT2D eigenvalue weighted by molar-refractivity contribution is -0.149. The van der Waals surface area contributed by atoms with E-state index in [2.05, 4.69) is 15.2 Å². The van der Waals surface area contributed by atoms with Gasteiger partial charge < -0.3 is 20.1 Å². The Morgan fingerprint density at radius 3 is 2.46 bits per heavy atom. The second-order valence-corrected chi connectivity index (χ2v) is 6.61. The first-order chi connectivity index (χ1) is 11.1. The second-order valence-electron chi connectivity index (χ2n) is 6.61. The second kappa shape index (κ2) is 10.4. The van der Waals surface area contributed by atoms with Crippen LogP contribution in [0.15, 0.2) is 4.99 Å². The third kappa shape index (κ3) is 6.06. The van der Waals surface area contributed by atoms with E-state index in [-0.39, 0.29) is 35.9 Å². The molecule has 24 heavy (non-hydrogen) atoms. The fraction of sp³-hybridized carbons (Fsp3) is 0.882. The maximum atomic E-state index is 11.8. The van der Waals surface area contributed by atoms with Crippen LogP contribution in [-0.4, -0.2) is 60.3 Å². The molecule has 0 aromatic heterocycles. The first-order valence-electron chi connectivity index (χ1n) is 9.00. The number of ether oxygens (including phenoxy) is 1. The normalized spacial score (nSPS) is 21.3. The van der Waals surface area contributed by atoms with Crippen LogP contribution < -0.4 is 5.32 Å². The molecule has 1 aliphatic carbocycles. The number of carbonyl (C=O) groups excluding carboxylic acids is 1. The SMILES string of the molecule is CCNC(=NCC1(O)CCCC1)N1CCC(C(=O)OCC)CC1.I. The molecular weight excluding hydrogens is 421 g/mol.